The number of aromatic nitrogens is 2. The van der Waals surface area contributed by atoms with Crippen LogP contribution in [0.25, 0.3) is 11.0 Å². The highest BCUT2D eigenvalue weighted by Crippen LogP contribution is 2.33. The second-order valence-corrected chi connectivity index (χ2v) is 9.00. The molecular formula is C29H29N5O4. The Morgan fingerprint density at radius 1 is 0.921 bits per heavy atom. The lowest BCUT2D eigenvalue weighted by molar-refractivity contribution is 0.0948. The SMILES string of the molecule is COc1cc2c(cc1OC)CN(CCNC(=O)c1ccccc1NC(=O)c1cnc3ccccc3n1)CC2. The number of anilines is 1. The lowest BCUT2D eigenvalue weighted by Crippen LogP contribution is -2.38. The molecule has 2 N–H and O–H groups in total. The molecule has 0 fully saturated rings. The van der Waals surface area contributed by atoms with Gasteiger partial charge in [-0.3, -0.25) is 19.5 Å². The van der Waals surface area contributed by atoms with E-state index < -0.39 is 5.91 Å². The molecule has 2 heterocycles. The van der Waals surface area contributed by atoms with Gasteiger partial charge in [0.05, 0.1) is 42.7 Å². The lowest BCUT2D eigenvalue weighted by atomic mass is 9.99. The average molecular weight is 512 g/mol. The van der Waals surface area contributed by atoms with E-state index in [1.165, 1.54) is 17.3 Å². The van der Waals surface area contributed by atoms with E-state index in [2.05, 4.69) is 25.5 Å². The Balaban J connectivity index is 1.19. The van der Waals surface area contributed by atoms with E-state index >= 15 is 0 Å². The number of hydrogen-bond acceptors (Lipinski definition) is 7. The van der Waals surface area contributed by atoms with Gasteiger partial charge in [-0.2, -0.15) is 0 Å². The Bertz CT molecular complexity index is 1490. The maximum atomic E-state index is 13.0. The minimum absolute atomic E-state index is 0.179. The minimum Gasteiger partial charge on any atom is -0.493 e. The van der Waals surface area contributed by atoms with Crippen LogP contribution in [0.1, 0.15) is 32.0 Å². The van der Waals surface area contributed by atoms with Gasteiger partial charge in [0.15, 0.2) is 11.5 Å². The van der Waals surface area contributed by atoms with Gasteiger partial charge in [0.1, 0.15) is 5.69 Å². The van der Waals surface area contributed by atoms with Crippen molar-refractivity contribution in [3.05, 3.63) is 89.2 Å². The maximum absolute atomic E-state index is 13.0. The molecule has 9 nitrogen and oxygen atoms in total. The molecule has 9 heteroatoms. The van der Waals surface area contributed by atoms with Crippen LogP contribution in [0.4, 0.5) is 5.69 Å². The van der Waals surface area contributed by atoms with E-state index in [4.69, 9.17) is 9.47 Å². The third kappa shape index (κ3) is 5.42. The Hall–Kier alpha value is -4.50. The summed E-state index contributed by atoms with van der Waals surface area (Å²) in [5.74, 6) is 0.775. The molecule has 3 aromatic carbocycles. The van der Waals surface area contributed by atoms with Crippen LogP contribution in [0.2, 0.25) is 0 Å². The maximum Gasteiger partial charge on any atom is 0.275 e. The highest BCUT2D eigenvalue weighted by Gasteiger charge is 2.20. The van der Waals surface area contributed by atoms with Crippen LogP contribution in [-0.4, -0.2) is 60.5 Å². The molecule has 1 aliphatic rings. The first-order valence-electron chi connectivity index (χ1n) is 12.4. The normalized spacial score (nSPS) is 13.0. The quantitative estimate of drug-likeness (QED) is 0.372. The fourth-order valence-corrected chi connectivity index (χ4v) is 4.60. The Kier molecular flexibility index (Phi) is 7.46. The third-order valence-corrected chi connectivity index (χ3v) is 6.61. The van der Waals surface area contributed by atoms with Crippen LogP contribution in [0.15, 0.2) is 66.9 Å². The minimum atomic E-state index is -0.428. The first kappa shape index (κ1) is 25.2. The van der Waals surface area contributed by atoms with Gasteiger partial charge >= 0.3 is 0 Å². The van der Waals surface area contributed by atoms with Gasteiger partial charge in [-0.25, -0.2) is 4.98 Å². The number of fused-ring (bicyclic) bond motifs is 2. The van der Waals surface area contributed by atoms with Crippen molar-refractivity contribution in [2.75, 3.05) is 39.2 Å². The van der Waals surface area contributed by atoms with E-state index in [1.807, 2.05) is 30.3 Å². The molecule has 1 aromatic heterocycles. The second-order valence-electron chi connectivity index (χ2n) is 9.00. The number of carbonyl (C=O) groups excluding carboxylic acids is 2. The van der Waals surface area contributed by atoms with Crippen molar-refractivity contribution in [3.8, 4) is 11.5 Å². The molecule has 0 atom stereocenters. The highest BCUT2D eigenvalue weighted by molar-refractivity contribution is 6.08. The average Bonchev–Trinajstić information content (AvgIpc) is 2.96. The van der Waals surface area contributed by atoms with Crippen LogP contribution >= 0.6 is 0 Å². The van der Waals surface area contributed by atoms with Gasteiger partial charge in [0, 0.05) is 26.2 Å². The highest BCUT2D eigenvalue weighted by atomic mass is 16.5. The van der Waals surface area contributed by atoms with Crippen molar-refractivity contribution in [2.24, 2.45) is 0 Å². The van der Waals surface area contributed by atoms with Crippen molar-refractivity contribution >= 4 is 28.5 Å². The van der Waals surface area contributed by atoms with E-state index in [1.54, 1.807) is 44.6 Å². The van der Waals surface area contributed by atoms with Crippen molar-refractivity contribution in [1.82, 2.24) is 20.2 Å². The van der Waals surface area contributed by atoms with Crippen LogP contribution in [0.3, 0.4) is 0 Å². The van der Waals surface area contributed by atoms with Crippen LogP contribution in [0.5, 0.6) is 11.5 Å². The predicted molar refractivity (Wildman–Crippen MR) is 145 cm³/mol. The van der Waals surface area contributed by atoms with Gasteiger partial charge in [0.2, 0.25) is 0 Å². The molecule has 1 aliphatic heterocycles. The number of carbonyl (C=O) groups is 2. The molecule has 5 rings (SSSR count). The zero-order valence-electron chi connectivity index (χ0n) is 21.4. The number of nitrogens with zero attached hydrogens (tertiary/aromatic N) is 3. The summed E-state index contributed by atoms with van der Waals surface area (Å²) in [6.07, 6.45) is 2.33. The van der Waals surface area contributed by atoms with Crippen molar-refractivity contribution < 1.29 is 19.1 Å². The number of para-hydroxylation sites is 3. The monoisotopic (exact) mass is 511 g/mol. The number of rotatable bonds is 8. The van der Waals surface area contributed by atoms with Gasteiger partial charge in [-0.15, -0.1) is 0 Å². The summed E-state index contributed by atoms with van der Waals surface area (Å²) < 4.78 is 10.9. The van der Waals surface area contributed by atoms with Crippen molar-refractivity contribution in [3.63, 3.8) is 0 Å². The first-order chi connectivity index (χ1) is 18.6. The van der Waals surface area contributed by atoms with Gasteiger partial charge in [-0.1, -0.05) is 24.3 Å². The van der Waals surface area contributed by atoms with Gasteiger partial charge in [-0.05, 0) is 53.9 Å². The van der Waals surface area contributed by atoms with Crippen LogP contribution < -0.4 is 20.1 Å². The largest absolute Gasteiger partial charge is 0.493 e. The van der Waals surface area contributed by atoms with Crippen molar-refractivity contribution in [2.45, 2.75) is 13.0 Å². The first-order valence-corrected chi connectivity index (χ1v) is 12.4. The summed E-state index contributed by atoms with van der Waals surface area (Å²) in [7, 11) is 3.28. The number of benzene rings is 3. The summed E-state index contributed by atoms with van der Waals surface area (Å²) in [5, 5.41) is 5.79. The number of amides is 2. The molecule has 0 aliphatic carbocycles. The molecule has 38 heavy (non-hydrogen) atoms. The van der Waals surface area contributed by atoms with Crippen molar-refractivity contribution in [1.29, 1.82) is 0 Å². The number of ether oxygens (including phenoxy) is 2. The van der Waals surface area contributed by atoms with Crippen LogP contribution in [0, 0.1) is 0 Å². The second kappa shape index (κ2) is 11.3. The molecule has 0 radical (unpaired) electrons. The summed E-state index contributed by atoms with van der Waals surface area (Å²) in [6.45, 7) is 2.82. The fourth-order valence-electron chi connectivity index (χ4n) is 4.60. The van der Waals surface area contributed by atoms with Gasteiger partial charge < -0.3 is 20.1 Å². The lowest BCUT2D eigenvalue weighted by Gasteiger charge is -2.29. The molecule has 194 valence electrons. The summed E-state index contributed by atoms with van der Waals surface area (Å²) in [5.41, 5.74) is 4.77. The number of methoxy groups -OCH3 is 2. The number of nitrogens with one attached hydrogen (secondary N) is 2. The smallest absolute Gasteiger partial charge is 0.275 e. The molecule has 0 spiro atoms. The summed E-state index contributed by atoms with van der Waals surface area (Å²) in [6, 6.07) is 18.3. The van der Waals surface area contributed by atoms with E-state index in [0.717, 1.165) is 31.0 Å². The topological polar surface area (TPSA) is 106 Å². The predicted octanol–water partition coefficient (Wildman–Crippen LogP) is 3.69. The van der Waals surface area contributed by atoms with Gasteiger partial charge in [0.25, 0.3) is 11.8 Å². The van der Waals surface area contributed by atoms with E-state index in [9.17, 15) is 9.59 Å². The summed E-state index contributed by atoms with van der Waals surface area (Å²) >= 11 is 0. The molecule has 2 amide bonds. The van der Waals surface area contributed by atoms with E-state index in [-0.39, 0.29) is 11.6 Å². The molecule has 0 saturated heterocycles. The molecule has 0 unspecified atom stereocenters. The number of hydrogen-bond donors (Lipinski definition) is 2. The molecule has 0 saturated carbocycles. The molecule has 4 aromatic rings. The molecular weight excluding hydrogens is 482 g/mol. The van der Waals surface area contributed by atoms with Crippen LogP contribution in [-0.2, 0) is 13.0 Å². The Labute approximate surface area is 220 Å². The Morgan fingerprint density at radius 3 is 2.42 bits per heavy atom. The zero-order chi connectivity index (χ0) is 26.5. The third-order valence-electron chi connectivity index (χ3n) is 6.61. The Morgan fingerprint density at radius 2 is 1.63 bits per heavy atom. The summed E-state index contributed by atoms with van der Waals surface area (Å²) in [4.78, 5) is 36.9. The standard InChI is InChI=1S/C29H29N5O4/c1-37-26-15-19-11-13-34(18-20(19)16-27(26)38-2)14-12-30-28(35)21-7-3-4-8-22(21)33-29(36)25-17-31-23-9-5-6-10-24(23)32-25/h3-10,15-17H,11-14,18H2,1-2H3,(H,30,35)(H,33,36). The van der Waals surface area contributed by atoms with E-state index in [0.29, 0.717) is 35.4 Å². The fraction of sp³-hybridized carbons (Fsp3) is 0.241. The zero-order valence-corrected chi connectivity index (χ0v) is 21.4. The molecule has 0 bridgehead atoms.